The van der Waals surface area contributed by atoms with Gasteiger partial charge in [-0.2, -0.15) is 0 Å². The van der Waals surface area contributed by atoms with Gasteiger partial charge in [0.2, 0.25) is 5.91 Å². The summed E-state index contributed by atoms with van der Waals surface area (Å²) in [6, 6.07) is 8.74. The molecule has 0 spiro atoms. The van der Waals surface area contributed by atoms with Crippen molar-refractivity contribution in [3.8, 4) is 0 Å². The number of aliphatic hydroxyl groups excluding tert-OH is 1. The Morgan fingerprint density at radius 1 is 1.20 bits per heavy atom. The zero-order valence-electron chi connectivity index (χ0n) is 11.4. The number of likely N-dealkylation sites (tertiary alicyclic amines) is 1. The molecule has 0 bridgehead atoms. The Bertz CT molecular complexity index is 455. The lowest BCUT2D eigenvalue weighted by atomic mass is 10.1. The molecule has 1 saturated heterocycles. The largest absolute Gasteiger partial charge is 0.378 e. The van der Waals surface area contributed by atoms with Crippen LogP contribution in [-0.4, -0.2) is 41.5 Å². The van der Waals surface area contributed by atoms with Crippen molar-refractivity contribution in [2.45, 2.75) is 25.4 Å². The van der Waals surface area contributed by atoms with Crippen molar-refractivity contribution in [2.24, 2.45) is 0 Å². The average molecular weight is 276 g/mol. The average Bonchev–Trinajstić information content (AvgIpc) is 3.01. The highest BCUT2D eigenvalue weighted by atomic mass is 16.3. The molecule has 1 aromatic rings. The third-order valence-electron chi connectivity index (χ3n) is 3.46. The van der Waals surface area contributed by atoms with Crippen molar-refractivity contribution in [3.05, 3.63) is 35.9 Å². The first kappa shape index (κ1) is 14.5. The number of nitrogens with zero attached hydrogens (tertiary/aromatic N) is 1. The van der Waals surface area contributed by atoms with E-state index in [-0.39, 0.29) is 18.9 Å². The van der Waals surface area contributed by atoms with Crippen LogP contribution in [0.25, 0.3) is 0 Å². The van der Waals surface area contributed by atoms with E-state index in [2.05, 4.69) is 5.32 Å². The van der Waals surface area contributed by atoms with Gasteiger partial charge in [-0.1, -0.05) is 30.3 Å². The van der Waals surface area contributed by atoms with Crippen molar-refractivity contribution in [1.82, 2.24) is 10.2 Å². The number of benzene rings is 1. The Hall–Kier alpha value is -1.88. The Kier molecular flexibility index (Phi) is 5.12. The number of carbonyl (C=O) groups is 2. The number of rotatable bonds is 5. The molecular formula is C15H20N2O3. The predicted molar refractivity (Wildman–Crippen MR) is 74.8 cm³/mol. The van der Waals surface area contributed by atoms with Gasteiger partial charge in [-0.05, 0) is 18.4 Å². The van der Waals surface area contributed by atoms with E-state index in [9.17, 15) is 14.7 Å². The minimum Gasteiger partial charge on any atom is -0.378 e. The fourth-order valence-corrected chi connectivity index (χ4v) is 2.30. The molecule has 20 heavy (non-hydrogen) atoms. The van der Waals surface area contributed by atoms with E-state index in [0.29, 0.717) is 5.56 Å². The second kappa shape index (κ2) is 7.05. The molecule has 1 fully saturated rings. The monoisotopic (exact) mass is 276 g/mol. The fourth-order valence-electron chi connectivity index (χ4n) is 2.30. The van der Waals surface area contributed by atoms with Gasteiger partial charge in [0, 0.05) is 26.1 Å². The molecule has 2 N–H and O–H groups in total. The lowest BCUT2D eigenvalue weighted by Gasteiger charge is -2.16. The first-order valence-electron chi connectivity index (χ1n) is 6.97. The van der Waals surface area contributed by atoms with E-state index in [0.717, 1.165) is 25.9 Å². The summed E-state index contributed by atoms with van der Waals surface area (Å²) in [5.74, 6) is -0.401. The van der Waals surface area contributed by atoms with Crippen LogP contribution in [0.1, 0.15) is 30.9 Å². The Labute approximate surface area is 118 Å². The number of hydrogen-bond donors (Lipinski definition) is 2. The molecule has 0 saturated carbocycles. The molecule has 1 aliphatic heterocycles. The van der Waals surface area contributed by atoms with Gasteiger partial charge in [0.25, 0.3) is 5.91 Å². The summed E-state index contributed by atoms with van der Waals surface area (Å²) in [7, 11) is 0. The number of amides is 2. The highest BCUT2D eigenvalue weighted by Gasteiger charge is 2.19. The normalized spacial score (nSPS) is 15.9. The minimum atomic E-state index is -1.18. The summed E-state index contributed by atoms with van der Waals surface area (Å²) >= 11 is 0. The SMILES string of the molecule is O=C(NCCC(=O)N1CCCC1)C(O)c1ccccc1. The first-order valence-corrected chi connectivity index (χ1v) is 6.97. The van der Waals surface area contributed by atoms with Gasteiger partial charge in [0.15, 0.2) is 6.10 Å². The number of nitrogens with one attached hydrogen (secondary N) is 1. The van der Waals surface area contributed by atoms with E-state index >= 15 is 0 Å². The van der Waals surface area contributed by atoms with E-state index < -0.39 is 12.0 Å². The molecule has 0 aromatic heterocycles. The maximum Gasteiger partial charge on any atom is 0.253 e. The summed E-state index contributed by atoms with van der Waals surface area (Å²) in [5, 5.41) is 12.5. The highest BCUT2D eigenvalue weighted by Crippen LogP contribution is 2.12. The van der Waals surface area contributed by atoms with Crippen molar-refractivity contribution in [1.29, 1.82) is 0 Å². The van der Waals surface area contributed by atoms with Gasteiger partial charge in [-0.15, -0.1) is 0 Å². The molecular weight excluding hydrogens is 256 g/mol. The third kappa shape index (κ3) is 3.81. The van der Waals surface area contributed by atoms with Gasteiger partial charge in [0.05, 0.1) is 0 Å². The van der Waals surface area contributed by atoms with Gasteiger partial charge >= 0.3 is 0 Å². The van der Waals surface area contributed by atoms with Crippen LogP contribution in [0.15, 0.2) is 30.3 Å². The molecule has 1 atom stereocenters. The van der Waals surface area contributed by atoms with Crippen LogP contribution in [0.5, 0.6) is 0 Å². The lowest BCUT2D eigenvalue weighted by Crippen LogP contribution is -2.34. The third-order valence-corrected chi connectivity index (χ3v) is 3.46. The van der Waals surface area contributed by atoms with Crippen LogP contribution < -0.4 is 5.32 Å². The van der Waals surface area contributed by atoms with Crippen molar-refractivity contribution in [2.75, 3.05) is 19.6 Å². The Morgan fingerprint density at radius 2 is 1.85 bits per heavy atom. The quantitative estimate of drug-likeness (QED) is 0.837. The fraction of sp³-hybridized carbons (Fsp3) is 0.467. The van der Waals surface area contributed by atoms with Crippen LogP contribution in [0, 0.1) is 0 Å². The number of carbonyl (C=O) groups excluding carboxylic acids is 2. The van der Waals surface area contributed by atoms with E-state index in [1.807, 2.05) is 11.0 Å². The predicted octanol–water partition coefficient (Wildman–Crippen LogP) is 0.849. The lowest BCUT2D eigenvalue weighted by molar-refractivity contribution is -0.131. The Balaban J connectivity index is 1.73. The van der Waals surface area contributed by atoms with Crippen LogP contribution >= 0.6 is 0 Å². The van der Waals surface area contributed by atoms with Crippen molar-refractivity contribution < 1.29 is 14.7 Å². The standard InChI is InChI=1S/C15H20N2O3/c18-13(17-10-4-5-11-17)8-9-16-15(20)14(19)12-6-2-1-3-7-12/h1-3,6-7,14,19H,4-5,8-11H2,(H,16,20). The number of aliphatic hydroxyl groups is 1. The summed E-state index contributed by atoms with van der Waals surface area (Å²) in [6.45, 7) is 1.90. The molecule has 1 aliphatic rings. The molecule has 0 aliphatic carbocycles. The topological polar surface area (TPSA) is 69.6 Å². The van der Waals surface area contributed by atoms with Crippen LogP contribution in [0.2, 0.25) is 0 Å². The van der Waals surface area contributed by atoms with Crippen LogP contribution in [0.4, 0.5) is 0 Å². The van der Waals surface area contributed by atoms with Gasteiger partial charge in [0.1, 0.15) is 0 Å². The van der Waals surface area contributed by atoms with E-state index in [1.165, 1.54) is 0 Å². The van der Waals surface area contributed by atoms with E-state index in [4.69, 9.17) is 0 Å². The van der Waals surface area contributed by atoms with Crippen LogP contribution in [-0.2, 0) is 9.59 Å². The van der Waals surface area contributed by atoms with Crippen molar-refractivity contribution >= 4 is 11.8 Å². The molecule has 1 aromatic carbocycles. The summed E-state index contributed by atoms with van der Waals surface area (Å²) < 4.78 is 0. The van der Waals surface area contributed by atoms with Gasteiger partial charge in [-0.25, -0.2) is 0 Å². The molecule has 1 heterocycles. The molecule has 5 nitrogen and oxygen atoms in total. The molecule has 0 radical (unpaired) electrons. The molecule has 108 valence electrons. The van der Waals surface area contributed by atoms with Crippen LogP contribution in [0.3, 0.4) is 0 Å². The van der Waals surface area contributed by atoms with Gasteiger partial charge < -0.3 is 15.3 Å². The first-order chi connectivity index (χ1) is 9.68. The maximum absolute atomic E-state index is 11.8. The van der Waals surface area contributed by atoms with Gasteiger partial charge in [-0.3, -0.25) is 9.59 Å². The molecule has 2 rings (SSSR count). The maximum atomic E-state index is 11.8. The summed E-state index contributed by atoms with van der Waals surface area (Å²) in [5.41, 5.74) is 0.552. The zero-order valence-corrected chi connectivity index (χ0v) is 11.4. The molecule has 2 amide bonds. The number of hydrogen-bond acceptors (Lipinski definition) is 3. The molecule has 1 unspecified atom stereocenters. The van der Waals surface area contributed by atoms with Crippen molar-refractivity contribution in [3.63, 3.8) is 0 Å². The smallest absolute Gasteiger partial charge is 0.253 e. The Morgan fingerprint density at radius 3 is 2.50 bits per heavy atom. The second-order valence-electron chi connectivity index (χ2n) is 4.94. The second-order valence-corrected chi connectivity index (χ2v) is 4.94. The zero-order chi connectivity index (χ0) is 14.4. The minimum absolute atomic E-state index is 0.0667. The summed E-state index contributed by atoms with van der Waals surface area (Å²) in [6.07, 6.45) is 1.22. The highest BCUT2D eigenvalue weighted by molar-refractivity contribution is 5.83. The molecule has 5 heteroatoms. The summed E-state index contributed by atoms with van der Waals surface area (Å²) in [4.78, 5) is 25.4. The van der Waals surface area contributed by atoms with E-state index in [1.54, 1.807) is 24.3 Å².